The Morgan fingerprint density at radius 3 is 2.45 bits per heavy atom. The highest BCUT2D eigenvalue weighted by molar-refractivity contribution is 5.29. The van der Waals surface area contributed by atoms with Crippen LogP contribution in [0.25, 0.3) is 0 Å². The zero-order valence-electron chi connectivity index (χ0n) is 13.1. The van der Waals surface area contributed by atoms with Crippen molar-refractivity contribution in [3.8, 4) is 5.75 Å². The molecule has 3 heteroatoms. The molecule has 2 unspecified atom stereocenters. The first kappa shape index (κ1) is 15.3. The Labute approximate surface area is 122 Å². The van der Waals surface area contributed by atoms with Crippen LogP contribution in [0.4, 0.5) is 0 Å². The first-order valence-electron chi connectivity index (χ1n) is 7.49. The summed E-state index contributed by atoms with van der Waals surface area (Å²) >= 11 is 0. The molecule has 1 N–H and O–H groups in total. The zero-order valence-corrected chi connectivity index (χ0v) is 13.1. The van der Waals surface area contributed by atoms with Crippen LogP contribution in [-0.4, -0.2) is 36.2 Å². The van der Waals surface area contributed by atoms with Gasteiger partial charge in [0.15, 0.2) is 0 Å². The Balaban J connectivity index is 2.05. The van der Waals surface area contributed by atoms with Crippen LogP contribution in [-0.2, 0) is 0 Å². The summed E-state index contributed by atoms with van der Waals surface area (Å²) in [5.41, 5.74) is 1.31. The maximum atomic E-state index is 10.6. The van der Waals surface area contributed by atoms with E-state index in [9.17, 15) is 5.11 Å². The summed E-state index contributed by atoms with van der Waals surface area (Å²) in [4.78, 5) is 2.42. The zero-order chi connectivity index (χ0) is 14.8. The smallest absolute Gasteiger partial charge is 0.118 e. The fourth-order valence-electron chi connectivity index (χ4n) is 3.10. The van der Waals surface area contributed by atoms with Crippen LogP contribution in [0, 0.1) is 5.41 Å². The molecule has 0 spiro atoms. The number of aliphatic hydroxyl groups is 1. The summed E-state index contributed by atoms with van der Waals surface area (Å²) in [7, 11) is 1.66. The number of benzene rings is 1. The maximum Gasteiger partial charge on any atom is 0.118 e. The molecule has 1 aromatic carbocycles. The van der Waals surface area contributed by atoms with E-state index in [1.165, 1.54) is 12.8 Å². The Bertz CT molecular complexity index is 427. The largest absolute Gasteiger partial charge is 0.497 e. The van der Waals surface area contributed by atoms with Crippen LogP contribution in [0.15, 0.2) is 24.3 Å². The van der Waals surface area contributed by atoms with Gasteiger partial charge >= 0.3 is 0 Å². The predicted molar refractivity (Wildman–Crippen MR) is 82.0 cm³/mol. The molecule has 0 saturated carbocycles. The Kier molecular flexibility index (Phi) is 4.71. The van der Waals surface area contributed by atoms with Gasteiger partial charge in [-0.25, -0.2) is 0 Å². The second-order valence-electron chi connectivity index (χ2n) is 6.70. The van der Waals surface area contributed by atoms with Crippen molar-refractivity contribution in [3.05, 3.63) is 29.8 Å². The van der Waals surface area contributed by atoms with E-state index in [1.54, 1.807) is 7.11 Å². The summed E-state index contributed by atoms with van der Waals surface area (Å²) < 4.78 is 5.16. The minimum Gasteiger partial charge on any atom is -0.497 e. The van der Waals surface area contributed by atoms with Crippen LogP contribution in [0.3, 0.4) is 0 Å². The molecular formula is C17H27NO2. The van der Waals surface area contributed by atoms with E-state index in [1.807, 2.05) is 24.3 Å². The molecule has 20 heavy (non-hydrogen) atoms. The third kappa shape index (κ3) is 3.53. The summed E-state index contributed by atoms with van der Waals surface area (Å²) in [5, 5.41) is 10.6. The lowest BCUT2D eigenvalue weighted by Gasteiger charge is -2.42. The Hall–Kier alpha value is -1.06. The minimum atomic E-state index is -0.449. The van der Waals surface area contributed by atoms with Crippen molar-refractivity contribution < 1.29 is 9.84 Å². The quantitative estimate of drug-likeness (QED) is 0.917. The van der Waals surface area contributed by atoms with Gasteiger partial charge in [0.25, 0.3) is 0 Å². The number of methoxy groups -OCH3 is 1. The van der Waals surface area contributed by atoms with E-state index in [-0.39, 0.29) is 6.04 Å². The monoisotopic (exact) mass is 277 g/mol. The number of nitrogens with zero attached hydrogens (tertiary/aromatic N) is 1. The lowest BCUT2D eigenvalue weighted by Crippen LogP contribution is -2.46. The standard InChI is InChI=1S/C17H27NO2/c1-13(18-11-5-10-17(2,3)12-18)16(19)14-6-8-15(20-4)9-7-14/h6-9,13,16,19H,5,10-12H2,1-4H3. The van der Waals surface area contributed by atoms with E-state index in [0.29, 0.717) is 5.41 Å². The number of rotatable bonds is 4. The van der Waals surface area contributed by atoms with Crippen LogP contribution in [0.5, 0.6) is 5.75 Å². The molecule has 0 aromatic heterocycles. The van der Waals surface area contributed by atoms with Crippen molar-refractivity contribution in [2.45, 2.75) is 45.8 Å². The first-order chi connectivity index (χ1) is 9.43. The van der Waals surface area contributed by atoms with Crippen LogP contribution < -0.4 is 4.74 Å². The molecule has 0 radical (unpaired) electrons. The van der Waals surface area contributed by atoms with Gasteiger partial charge in [0.1, 0.15) is 5.75 Å². The van der Waals surface area contributed by atoms with Gasteiger partial charge in [0, 0.05) is 12.6 Å². The van der Waals surface area contributed by atoms with E-state index in [4.69, 9.17) is 4.74 Å². The van der Waals surface area contributed by atoms with Gasteiger partial charge in [-0.15, -0.1) is 0 Å². The maximum absolute atomic E-state index is 10.6. The summed E-state index contributed by atoms with van der Waals surface area (Å²) in [6, 6.07) is 7.86. The fourth-order valence-corrected chi connectivity index (χ4v) is 3.10. The minimum absolute atomic E-state index is 0.142. The molecule has 1 fully saturated rings. The normalized spacial score (nSPS) is 22.2. The van der Waals surface area contributed by atoms with Crippen molar-refractivity contribution in [1.82, 2.24) is 4.90 Å². The van der Waals surface area contributed by atoms with Gasteiger partial charge in [0.05, 0.1) is 13.2 Å². The van der Waals surface area contributed by atoms with Crippen molar-refractivity contribution in [3.63, 3.8) is 0 Å². The number of likely N-dealkylation sites (tertiary alicyclic amines) is 1. The fraction of sp³-hybridized carbons (Fsp3) is 0.647. The predicted octanol–water partition coefficient (Wildman–Crippen LogP) is 3.24. The van der Waals surface area contributed by atoms with Gasteiger partial charge in [-0.2, -0.15) is 0 Å². The Morgan fingerprint density at radius 1 is 1.25 bits per heavy atom. The summed E-state index contributed by atoms with van der Waals surface area (Å²) in [6.07, 6.45) is 2.04. The molecule has 2 rings (SSSR count). The van der Waals surface area contributed by atoms with Crippen molar-refractivity contribution in [1.29, 1.82) is 0 Å². The Morgan fingerprint density at radius 2 is 1.90 bits per heavy atom. The van der Waals surface area contributed by atoms with Crippen molar-refractivity contribution in [2.24, 2.45) is 5.41 Å². The van der Waals surface area contributed by atoms with Gasteiger partial charge < -0.3 is 9.84 Å². The second-order valence-corrected chi connectivity index (χ2v) is 6.70. The van der Waals surface area contributed by atoms with Crippen LogP contribution in [0.1, 0.15) is 45.3 Å². The number of ether oxygens (including phenoxy) is 1. The average Bonchev–Trinajstić information content (AvgIpc) is 2.45. The van der Waals surface area contributed by atoms with E-state index >= 15 is 0 Å². The summed E-state index contributed by atoms with van der Waals surface area (Å²) in [5.74, 6) is 0.827. The molecular weight excluding hydrogens is 250 g/mol. The second kappa shape index (κ2) is 6.15. The SMILES string of the molecule is COc1ccc(C(O)C(C)N2CCCC(C)(C)C2)cc1. The highest BCUT2D eigenvalue weighted by Gasteiger charge is 2.31. The van der Waals surface area contributed by atoms with Crippen LogP contribution >= 0.6 is 0 Å². The molecule has 1 saturated heterocycles. The molecule has 3 nitrogen and oxygen atoms in total. The number of hydrogen-bond donors (Lipinski definition) is 1. The number of hydrogen-bond acceptors (Lipinski definition) is 3. The highest BCUT2D eigenvalue weighted by atomic mass is 16.5. The third-order valence-electron chi connectivity index (χ3n) is 4.42. The molecule has 0 amide bonds. The lowest BCUT2D eigenvalue weighted by molar-refractivity contribution is 0.0135. The van der Waals surface area contributed by atoms with Gasteiger partial charge in [-0.1, -0.05) is 26.0 Å². The summed E-state index contributed by atoms with van der Waals surface area (Å²) in [6.45, 7) is 8.88. The molecule has 0 bridgehead atoms. The number of piperidine rings is 1. The third-order valence-corrected chi connectivity index (χ3v) is 4.42. The van der Waals surface area contributed by atoms with E-state index in [2.05, 4.69) is 25.7 Å². The number of aliphatic hydroxyl groups excluding tert-OH is 1. The molecule has 2 atom stereocenters. The van der Waals surface area contributed by atoms with Gasteiger partial charge in [-0.05, 0) is 49.4 Å². The molecule has 1 heterocycles. The first-order valence-corrected chi connectivity index (χ1v) is 7.49. The molecule has 0 aliphatic carbocycles. The van der Waals surface area contributed by atoms with Crippen molar-refractivity contribution in [2.75, 3.05) is 20.2 Å². The molecule has 1 aliphatic heterocycles. The molecule has 1 aromatic rings. The van der Waals surface area contributed by atoms with Crippen molar-refractivity contribution >= 4 is 0 Å². The van der Waals surface area contributed by atoms with Crippen LogP contribution in [0.2, 0.25) is 0 Å². The molecule has 1 aliphatic rings. The van der Waals surface area contributed by atoms with E-state index in [0.717, 1.165) is 24.4 Å². The van der Waals surface area contributed by atoms with E-state index < -0.39 is 6.10 Å². The molecule has 112 valence electrons. The highest BCUT2D eigenvalue weighted by Crippen LogP contribution is 2.32. The van der Waals surface area contributed by atoms with Gasteiger partial charge in [0.2, 0.25) is 0 Å². The average molecular weight is 277 g/mol. The van der Waals surface area contributed by atoms with Gasteiger partial charge in [-0.3, -0.25) is 4.90 Å². The topological polar surface area (TPSA) is 32.7 Å². The lowest BCUT2D eigenvalue weighted by atomic mass is 9.83.